The van der Waals surface area contributed by atoms with Crippen LogP contribution in [0.4, 0.5) is 5.82 Å². The van der Waals surface area contributed by atoms with Crippen LogP contribution in [0.2, 0.25) is 5.02 Å². The number of amides is 1. The number of carbonyl (C=O) groups is 1. The van der Waals surface area contributed by atoms with Gasteiger partial charge in [-0.15, -0.1) is 0 Å². The fourth-order valence-electron chi connectivity index (χ4n) is 2.76. The van der Waals surface area contributed by atoms with Crippen LogP contribution in [0.3, 0.4) is 0 Å². The summed E-state index contributed by atoms with van der Waals surface area (Å²) in [4.78, 5) is 12.4. The third-order valence-corrected chi connectivity index (χ3v) is 4.20. The predicted molar refractivity (Wildman–Crippen MR) is 103 cm³/mol. The molecule has 0 saturated heterocycles. The molecule has 6 heteroatoms. The fourth-order valence-corrected chi connectivity index (χ4v) is 2.94. The van der Waals surface area contributed by atoms with E-state index in [1.807, 2.05) is 49.4 Å². The smallest absolute Gasteiger partial charge is 0.225 e. The molecular weight excluding hydrogens is 350 g/mol. The summed E-state index contributed by atoms with van der Waals surface area (Å²) in [6.45, 7) is 1.88. The summed E-state index contributed by atoms with van der Waals surface area (Å²) in [7, 11) is 1.63. The molecule has 1 N–H and O–H groups in total. The van der Waals surface area contributed by atoms with E-state index in [4.69, 9.17) is 16.3 Å². The first-order valence-electron chi connectivity index (χ1n) is 8.31. The second-order valence-corrected chi connectivity index (χ2v) is 6.36. The van der Waals surface area contributed by atoms with Crippen molar-refractivity contribution in [3.8, 4) is 11.4 Å². The Morgan fingerprint density at radius 3 is 2.77 bits per heavy atom. The number of aromatic nitrogens is 2. The number of methoxy groups -OCH3 is 1. The van der Waals surface area contributed by atoms with Crippen molar-refractivity contribution in [2.24, 2.45) is 0 Å². The van der Waals surface area contributed by atoms with Gasteiger partial charge in [-0.1, -0.05) is 35.9 Å². The molecule has 3 aromatic rings. The van der Waals surface area contributed by atoms with E-state index in [-0.39, 0.29) is 5.91 Å². The zero-order valence-electron chi connectivity index (χ0n) is 14.7. The molecule has 0 atom stereocenters. The molecule has 0 radical (unpaired) electrons. The number of rotatable bonds is 6. The van der Waals surface area contributed by atoms with E-state index in [1.54, 1.807) is 23.9 Å². The minimum Gasteiger partial charge on any atom is -0.496 e. The fraction of sp³-hybridized carbons (Fsp3) is 0.200. The summed E-state index contributed by atoms with van der Waals surface area (Å²) in [6, 6.07) is 16.9. The van der Waals surface area contributed by atoms with Crippen LogP contribution in [0.15, 0.2) is 54.6 Å². The largest absolute Gasteiger partial charge is 0.496 e. The molecule has 3 rings (SSSR count). The maximum atomic E-state index is 12.4. The lowest BCUT2D eigenvalue weighted by molar-refractivity contribution is -0.116. The van der Waals surface area contributed by atoms with Crippen molar-refractivity contribution in [2.75, 3.05) is 12.4 Å². The van der Waals surface area contributed by atoms with Gasteiger partial charge in [0.15, 0.2) is 0 Å². The molecule has 0 aliphatic heterocycles. The number of aryl methyl sites for hydroxylation is 2. The van der Waals surface area contributed by atoms with E-state index >= 15 is 0 Å². The molecule has 134 valence electrons. The van der Waals surface area contributed by atoms with Gasteiger partial charge in [0.2, 0.25) is 5.91 Å². The Morgan fingerprint density at radius 1 is 1.19 bits per heavy atom. The average molecular weight is 370 g/mol. The molecule has 0 spiro atoms. The molecule has 5 nitrogen and oxygen atoms in total. The number of hydrogen-bond acceptors (Lipinski definition) is 3. The SMILES string of the molecule is COc1ccccc1CCC(=O)Nc1cc(C)nn1-c1cccc(Cl)c1. The maximum absolute atomic E-state index is 12.4. The van der Waals surface area contributed by atoms with E-state index in [1.165, 1.54) is 0 Å². The monoisotopic (exact) mass is 369 g/mol. The van der Waals surface area contributed by atoms with E-state index in [2.05, 4.69) is 10.4 Å². The minimum absolute atomic E-state index is 0.0842. The molecule has 0 aliphatic rings. The van der Waals surface area contributed by atoms with E-state index < -0.39 is 0 Å². The Morgan fingerprint density at radius 2 is 2.00 bits per heavy atom. The van der Waals surface area contributed by atoms with Crippen molar-refractivity contribution in [2.45, 2.75) is 19.8 Å². The number of halogens is 1. The highest BCUT2D eigenvalue weighted by molar-refractivity contribution is 6.30. The van der Waals surface area contributed by atoms with Gasteiger partial charge in [0, 0.05) is 17.5 Å². The van der Waals surface area contributed by atoms with Crippen LogP contribution in [0.5, 0.6) is 5.75 Å². The van der Waals surface area contributed by atoms with Gasteiger partial charge in [0.25, 0.3) is 0 Å². The van der Waals surface area contributed by atoms with Gasteiger partial charge in [-0.2, -0.15) is 5.10 Å². The molecule has 26 heavy (non-hydrogen) atoms. The summed E-state index contributed by atoms with van der Waals surface area (Å²) in [6.07, 6.45) is 0.945. The molecule has 1 aromatic heterocycles. The second-order valence-electron chi connectivity index (χ2n) is 5.92. The number of hydrogen-bond donors (Lipinski definition) is 1. The third-order valence-electron chi connectivity index (χ3n) is 3.97. The zero-order valence-corrected chi connectivity index (χ0v) is 15.5. The standard InChI is InChI=1S/C20H20ClN3O2/c1-14-12-19(24(23-14)17-8-5-7-16(21)13-17)22-20(25)11-10-15-6-3-4-9-18(15)26-2/h3-9,12-13H,10-11H2,1-2H3,(H,22,25). The molecule has 1 amide bonds. The Kier molecular flexibility index (Phi) is 5.58. The van der Waals surface area contributed by atoms with E-state index in [0.29, 0.717) is 23.7 Å². The molecule has 1 heterocycles. The Hall–Kier alpha value is -2.79. The second kappa shape index (κ2) is 8.06. The van der Waals surface area contributed by atoms with E-state index in [9.17, 15) is 4.79 Å². The van der Waals surface area contributed by atoms with Crippen molar-refractivity contribution in [3.63, 3.8) is 0 Å². The first kappa shape index (κ1) is 18.0. The van der Waals surface area contributed by atoms with Crippen LogP contribution in [-0.4, -0.2) is 22.8 Å². The third kappa shape index (κ3) is 4.24. The van der Waals surface area contributed by atoms with Crippen LogP contribution in [0.1, 0.15) is 17.7 Å². The molecule has 0 fully saturated rings. The van der Waals surface area contributed by atoms with Gasteiger partial charge in [-0.25, -0.2) is 4.68 Å². The topological polar surface area (TPSA) is 56.1 Å². The van der Waals surface area contributed by atoms with Crippen molar-refractivity contribution >= 4 is 23.3 Å². The van der Waals surface area contributed by atoms with Crippen LogP contribution >= 0.6 is 11.6 Å². The van der Waals surface area contributed by atoms with Crippen LogP contribution in [0.25, 0.3) is 5.69 Å². The highest BCUT2D eigenvalue weighted by Gasteiger charge is 2.12. The molecule has 0 unspecified atom stereocenters. The van der Waals surface area contributed by atoms with E-state index in [0.717, 1.165) is 22.7 Å². The first-order valence-corrected chi connectivity index (χ1v) is 8.69. The van der Waals surface area contributed by atoms with Gasteiger partial charge in [0.1, 0.15) is 11.6 Å². The van der Waals surface area contributed by atoms with Gasteiger partial charge in [0.05, 0.1) is 18.5 Å². The number of ether oxygens (including phenoxy) is 1. The number of anilines is 1. The van der Waals surface area contributed by atoms with Crippen molar-refractivity contribution in [1.29, 1.82) is 0 Å². The normalized spacial score (nSPS) is 10.6. The molecular formula is C20H20ClN3O2. The summed E-state index contributed by atoms with van der Waals surface area (Å²) in [5.74, 6) is 1.33. The number of benzene rings is 2. The Bertz CT molecular complexity index is 921. The van der Waals surface area contributed by atoms with Crippen LogP contribution in [0, 0.1) is 6.92 Å². The lowest BCUT2D eigenvalue weighted by Crippen LogP contribution is -2.15. The molecule has 0 aliphatic carbocycles. The summed E-state index contributed by atoms with van der Waals surface area (Å²) in [5.41, 5.74) is 2.61. The first-order chi connectivity index (χ1) is 12.6. The lowest BCUT2D eigenvalue weighted by Gasteiger charge is -2.10. The van der Waals surface area contributed by atoms with Gasteiger partial charge in [-0.3, -0.25) is 4.79 Å². The number of carbonyl (C=O) groups excluding carboxylic acids is 1. The summed E-state index contributed by atoms with van der Waals surface area (Å²) in [5, 5.41) is 7.99. The van der Waals surface area contributed by atoms with Crippen LogP contribution in [-0.2, 0) is 11.2 Å². The van der Waals surface area contributed by atoms with Crippen molar-refractivity contribution in [1.82, 2.24) is 9.78 Å². The molecule has 0 saturated carbocycles. The zero-order chi connectivity index (χ0) is 18.5. The molecule has 2 aromatic carbocycles. The number of nitrogens with zero attached hydrogens (tertiary/aromatic N) is 2. The van der Waals surface area contributed by atoms with Gasteiger partial charge < -0.3 is 10.1 Å². The summed E-state index contributed by atoms with van der Waals surface area (Å²) < 4.78 is 7.01. The number of para-hydroxylation sites is 1. The van der Waals surface area contributed by atoms with Gasteiger partial charge in [-0.05, 0) is 43.2 Å². The number of nitrogens with one attached hydrogen (secondary N) is 1. The van der Waals surface area contributed by atoms with Crippen molar-refractivity contribution < 1.29 is 9.53 Å². The lowest BCUT2D eigenvalue weighted by atomic mass is 10.1. The summed E-state index contributed by atoms with van der Waals surface area (Å²) >= 11 is 6.07. The quantitative estimate of drug-likeness (QED) is 0.700. The predicted octanol–water partition coefficient (Wildman–Crippen LogP) is 4.41. The highest BCUT2D eigenvalue weighted by atomic mass is 35.5. The Balaban J connectivity index is 1.72. The van der Waals surface area contributed by atoms with Crippen molar-refractivity contribution in [3.05, 3.63) is 70.9 Å². The molecule has 0 bridgehead atoms. The van der Waals surface area contributed by atoms with Gasteiger partial charge >= 0.3 is 0 Å². The maximum Gasteiger partial charge on any atom is 0.225 e. The van der Waals surface area contributed by atoms with Crippen LogP contribution < -0.4 is 10.1 Å². The minimum atomic E-state index is -0.0842. The highest BCUT2D eigenvalue weighted by Crippen LogP contribution is 2.22. The Labute approximate surface area is 157 Å². The average Bonchev–Trinajstić information content (AvgIpc) is 3.00.